The number of hydrogen-bond donors (Lipinski definition) is 2. The molecule has 0 saturated heterocycles. The van der Waals surface area contributed by atoms with Gasteiger partial charge in [0.1, 0.15) is 17.3 Å². The van der Waals surface area contributed by atoms with Gasteiger partial charge in [-0.25, -0.2) is 4.98 Å². The fourth-order valence-corrected chi connectivity index (χ4v) is 1.98. The molecule has 0 amide bonds. The number of rotatable bonds is 4. The van der Waals surface area contributed by atoms with Gasteiger partial charge in [0.2, 0.25) is 0 Å². The molecule has 0 aliphatic heterocycles. The molecule has 0 aliphatic rings. The van der Waals surface area contributed by atoms with E-state index >= 15 is 0 Å². The number of pyridine rings is 1. The van der Waals surface area contributed by atoms with Crippen molar-refractivity contribution in [1.29, 1.82) is 0 Å². The quantitative estimate of drug-likeness (QED) is 0.904. The SMILES string of the molecule is COc1cc(OC)c(Nc2ccc(N)c(C)n2)cc1Cl. The molecular weight excluding hydrogens is 278 g/mol. The van der Waals surface area contributed by atoms with Gasteiger partial charge >= 0.3 is 0 Å². The highest BCUT2D eigenvalue weighted by atomic mass is 35.5. The van der Waals surface area contributed by atoms with Crippen LogP contribution in [0.15, 0.2) is 24.3 Å². The summed E-state index contributed by atoms with van der Waals surface area (Å²) in [5.41, 5.74) is 7.86. The Hall–Kier alpha value is -2.14. The van der Waals surface area contributed by atoms with E-state index in [-0.39, 0.29) is 0 Å². The van der Waals surface area contributed by atoms with E-state index < -0.39 is 0 Å². The molecule has 1 heterocycles. The van der Waals surface area contributed by atoms with Gasteiger partial charge in [-0.2, -0.15) is 0 Å². The molecule has 6 heteroatoms. The van der Waals surface area contributed by atoms with E-state index in [4.69, 9.17) is 26.8 Å². The highest BCUT2D eigenvalue weighted by Gasteiger charge is 2.11. The molecule has 0 bridgehead atoms. The van der Waals surface area contributed by atoms with Gasteiger partial charge in [0.25, 0.3) is 0 Å². The molecule has 2 aromatic rings. The van der Waals surface area contributed by atoms with Crippen molar-refractivity contribution in [2.75, 3.05) is 25.3 Å². The molecule has 2 rings (SSSR count). The lowest BCUT2D eigenvalue weighted by atomic mass is 10.2. The van der Waals surface area contributed by atoms with Crippen molar-refractivity contribution in [2.45, 2.75) is 6.92 Å². The Morgan fingerprint density at radius 1 is 1.15 bits per heavy atom. The van der Waals surface area contributed by atoms with E-state index in [1.807, 2.05) is 6.92 Å². The number of nitrogen functional groups attached to an aromatic ring is 1. The first-order chi connectivity index (χ1) is 9.55. The van der Waals surface area contributed by atoms with Crippen molar-refractivity contribution in [1.82, 2.24) is 4.98 Å². The van der Waals surface area contributed by atoms with Crippen molar-refractivity contribution >= 4 is 28.8 Å². The van der Waals surface area contributed by atoms with Crippen LogP contribution in [-0.4, -0.2) is 19.2 Å². The second-order valence-corrected chi connectivity index (χ2v) is 4.59. The normalized spacial score (nSPS) is 10.2. The third-order valence-corrected chi connectivity index (χ3v) is 3.16. The number of nitrogens with two attached hydrogens (primary N) is 1. The average molecular weight is 294 g/mol. The van der Waals surface area contributed by atoms with Gasteiger partial charge in [-0.1, -0.05) is 11.6 Å². The molecule has 1 aromatic carbocycles. The number of halogens is 1. The standard InChI is InChI=1S/C14H16ClN3O2/c1-8-10(16)4-5-14(17-8)18-11-6-9(15)12(19-2)7-13(11)20-3/h4-7H,16H2,1-3H3,(H,17,18). The molecular formula is C14H16ClN3O2. The van der Waals surface area contributed by atoms with Crippen molar-refractivity contribution in [2.24, 2.45) is 0 Å². The summed E-state index contributed by atoms with van der Waals surface area (Å²) in [5.74, 6) is 1.83. The molecule has 0 unspecified atom stereocenters. The zero-order valence-electron chi connectivity index (χ0n) is 11.5. The molecule has 5 nitrogen and oxygen atoms in total. The number of methoxy groups -OCH3 is 2. The van der Waals surface area contributed by atoms with Crippen LogP contribution in [0, 0.1) is 6.92 Å². The van der Waals surface area contributed by atoms with Crippen LogP contribution in [0.25, 0.3) is 0 Å². The van der Waals surface area contributed by atoms with E-state index in [9.17, 15) is 0 Å². The molecule has 0 atom stereocenters. The third-order valence-electron chi connectivity index (χ3n) is 2.86. The van der Waals surface area contributed by atoms with Gasteiger partial charge in [0.05, 0.1) is 36.3 Å². The molecule has 0 radical (unpaired) electrons. The number of ether oxygens (including phenoxy) is 2. The van der Waals surface area contributed by atoms with Gasteiger partial charge in [-0.3, -0.25) is 0 Å². The molecule has 0 fully saturated rings. The van der Waals surface area contributed by atoms with Crippen LogP contribution in [0.3, 0.4) is 0 Å². The maximum Gasteiger partial charge on any atom is 0.146 e. The second kappa shape index (κ2) is 5.88. The first-order valence-corrected chi connectivity index (χ1v) is 6.34. The summed E-state index contributed by atoms with van der Waals surface area (Å²) in [6.07, 6.45) is 0. The molecule has 106 valence electrons. The van der Waals surface area contributed by atoms with Gasteiger partial charge in [-0.15, -0.1) is 0 Å². The van der Waals surface area contributed by atoms with Crippen LogP contribution in [-0.2, 0) is 0 Å². The molecule has 1 aromatic heterocycles. The summed E-state index contributed by atoms with van der Waals surface area (Å²) in [6.45, 7) is 1.85. The minimum absolute atomic E-state index is 0.489. The van der Waals surface area contributed by atoms with Crippen LogP contribution in [0.2, 0.25) is 5.02 Å². The summed E-state index contributed by atoms with van der Waals surface area (Å²) in [4.78, 5) is 4.35. The van der Waals surface area contributed by atoms with Crippen molar-refractivity contribution in [3.63, 3.8) is 0 Å². The Balaban J connectivity index is 2.37. The van der Waals surface area contributed by atoms with Crippen LogP contribution in [0.5, 0.6) is 11.5 Å². The van der Waals surface area contributed by atoms with Crippen molar-refractivity contribution in [3.8, 4) is 11.5 Å². The number of aryl methyl sites for hydroxylation is 1. The lowest BCUT2D eigenvalue weighted by Gasteiger charge is -2.14. The van der Waals surface area contributed by atoms with Gasteiger partial charge in [-0.05, 0) is 25.1 Å². The first-order valence-electron chi connectivity index (χ1n) is 5.96. The highest BCUT2D eigenvalue weighted by Crippen LogP contribution is 2.37. The van der Waals surface area contributed by atoms with Crippen LogP contribution < -0.4 is 20.5 Å². The summed E-state index contributed by atoms with van der Waals surface area (Å²) in [6, 6.07) is 7.03. The predicted molar refractivity (Wildman–Crippen MR) is 81.2 cm³/mol. The molecule has 3 N–H and O–H groups in total. The molecule has 20 heavy (non-hydrogen) atoms. The van der Waals surface area contributed by atoms with Crippen LogP contribution in [0.1, 0.15) is 5.69 Å². The van der Waals surface area contributed by atoms with E-state index in [0.29, 0.717) is 33.7 Å². The van der Waals surface area contributed by atoms with E-state index in [0.717, 1.165) is 5.69 Å². The lowest BCUT2D eigenvalue weighted by Crippen LogP contribution is -2.00. The number of nitrogens with zero attached hydrogens (tertiary/aromatic N) is 1. The lowest BCUT2D eigenvalue weighted by molar-refractivity contribution is 0.396. The Bertz CT molecular complexity index is 632. The fraction of sp³-hybridized carbons (Fsp3) is 0.214. The maximum atomic E-state index is 6.12. The van der Waals surface area contributed by atoms with E-state index in [1.165, 1.54) is 0 Å². The van der Waals surface area contributed by atoms with E-state index in [1.54, 1.807) is 38.5 Å². The number of aromatic nitrogens is 1. The topological polar surface area (TPSA) is 69.4 Å². The van der Waals surface area contributed by atoms with Gasteiger partial charge in [0, 0.05) is 6.07 Å². The first kappa shape index (κ1) is 14.3. The Morgan fingerprint density at radius 3 is 2.45 bits per heavy atom. The highest BCUT2D eigenvalue weighted by molar-refractivity contribution is 6.32. The van der Waals surface area contributed by atoms with Gasteiger partial charge in [0.15, 0.2) is 0 Å². The van der Waals surface area contributed by atoms with Gasteiger partial charge < -0.3 is 20.5 Å². The fourth-order valence-electron chi connectivity index (χ4n) is 1.74. The summed E-state index contributed by atoms with van der Waals surface area (Å²) in [7, 11) is 3.13. The summed E-state index contributed by atoms with van der Waals surface area (Å²) in [5, 5.41) is 3.64. The summed E-state index contributed by atoms with van der Waals surface area (Å²) >= 11 is 6.12. The maximum absolute atomic E-state index is 6.12. The zero-order valence-corrected chi connectivity index (χ0v) is 12.3. The van der Waals surface area contributed by atoms with Crippen LogP contribution >= 0.6 is 11.6 Å². The summed E-state index contributed by atoms with van der Waals surface area (Å²) < 4.78 is 10.5. The predicted octanol–water partition coefficient (Wildman–Crippen LogP) is 3.39. The number of nitrogens with one attached hydrogen (secondary N) is 1. The Labute approximate surface area is 122 Å². The monoisotopic (exact) mass is 293 g/mol. The zero-order chi connectivity index (χ0) is 14.7. The van der Waals surface area contributed by atoms with Crippen molar-refractivity contribution in [3.05, 3.63) is 35.0 Å². The number of benzene rings is 1. The Kier molecular flexibility index (Phi) is 4.20. The van der Waals surface area contributed by atoms with Crippen LogP contribution in [0.4, 0.5) is 17.2 Å². The average Bonchev–Trinajstić information content (AvgIpc) is 2.43. The molecule has 0 aliphatic carbocycles. The largest absolute Gasteiger partial charge is 0.495 e. The minimum atomic E-state index is 0.489. The van der Waals surface area contributed by atoms with Crippen molar-refractivity contribution < 1.29 is 9.47 Å². The Morgan fingerprint density at radius 2 is 1.85 bits per heavy atom. The minimum Gasteiger partial charge on any atom is -0.495 e. The molecule has 0 spiro atoms. The number of anilines is 3. The second-order valence-electron chi connectivity index (χ2n) is 4.18. The smallest absolute Gasteiger partial charge is 0.146 e. The third kappa shape index (κ3) is 2.88. The van der Waals surface area contributed by atoms with E-state index in [2.05, 4.69) is 10.3 Å². The molecule has 0 saturated carbocycles. The number of hydrogen-bond acceptors (Lipinski definition) is 5.